The van der Waals surface area contributed by atoms with Gasteiger partial charge in [0.05, 0.1) is 18.4 Å². The third kappa shape index (κ3) is 1.68. The van der Waals surface area contributed by atoms with Crippen LogP contribution in [0.1, 0.15) is 13.8 Å². The van der Waals surface area contributed by atoms with Gasteiger partial charge in [-0.2, -0.15) is 0 Å². The van der Waals surface area contributed by atoms with Gasteiger partial charge in [-0.15, -0.1) is 4.91 Å². The van der Waals surface area contributed by atoms with Crippen molar-refractivity contribution in [2.75, 3.05) is 20.1 Å². The molecule has 1 aliphatic rings. The predicted octanol–water partition coefficient (Wildman–Crippen LogP) is 0.692. The Labute approximate surface area is 67.1 Å². The molecule has 0 N–H and O–H groups in total. The van der Waals surface area contributed by atoms with Crippen molar-refractivity contribution in [2.45, 2.75) is 25.9 Å². The van der Waals surface area contributed by atoms with E-state index in [1.54, 1.807) is 5.01 Å². The molecule has 2 unspecified atom stereocenters. The molecule has 0 amide bonds. The molecule has 0 saturated carbocycles. The van der Waals surface area contributed by atoms with Gasteiger partial charge < -0.3 is 0 Å². The molecule has 1 rings (SSSR count). The Morgan fingerprint density at radius 2 is 1.73 bits per heavy atom. The van der Waals surface area contributed by atoms with Gasteiger partial charge in [-0.25, -0.2) is 0 Å². The highest BCUT2D eigenvalue weighted by Gasteiger charge is 2.25. The molecule has 1 fully saturated rings. The zero-order chi connectivity index (χ0) is 8.43. The molecule has 0 aromatic rings. The molecule has 4 heteroatoms. The summed E-state index contributed by atoms with van der Waals surface area (Å²) in [7, 11) is 2.08. The monoisotopic (exact) mass is 157 g/mol. The molecule has 0 aliphatic carbocycles. The molecule has 1 saturated heterocycles. The van der Waals surface area contributed by atoms with E-state index in [4.69, 9.17) is 0 Å². The lowest BCUT2D eigenvalue weighted by molar-refractivity contribution is 0.0609. The van der Waals surface area contributed by atoms with Gasteiger partial charge in [0.1, 0.15) is 0 Å². The minimum absolute atomic E-state index is 0.427. The smallest absolute Gasteiger partial charge is 0.0546 e. The van der Waals surface area contributed by atoms with E-state index in [2.05, 4.69) is 31.1 Å². The normalized spacial score (nSPS) is 33.9. The Hall–Kier alpha value is -0.640. The van der Waals surface area contributed by atoms with Crippen LogP contribution in [-0.2, 0) is 0 Å². The fraction of sp³-hybridized carbons (Fsp3) is 1.00. The van der Waals surface area contributed by atoms with Crippen LogP contribution in [0.15, 0.2) is 5.29 Å². The SMILES string of the molecule is CC1CN(N=O)CC(C)N1C. The number of nitrogens with zero attached hydrogens (tertiary/aromatic N) is 3. The number of likely N-dealkylation sites (N-methyl/N-ethyl adjacent to an activating group) is 1. The van der Waals surface area contributed by atoms with E-state index in [0.717, 1.165) is 13.1 Å². The van der Waals surface area contributed by atoms with Crippen molar-refractivity contribution in [3.05, 3.63) is 4.91 Å². The van der Waals surface area contributed by atoms with Crippen molar-refractivity contribution in [1.82, 2.24) is 9.91 Å². The summed E-state index contributed by atoms with van der Waals surface area (Å²) in [6.07, 6.45) is 0. The molecule has 0 spiro atoms. The lowest BCUT2D eigenvalue weighted by Gasteiger charge is -2.39. The zero-order valence-corrected chi connectivity index (χ0v) is 7.32. The number of hydrogen-bond acceptors (Lipinski definition) is 3. The Morgan fingerprint density at radius 3 is 2.09 bits per heavy atom. The highest BCUT2D eigenvalue weighted by molar-refractivity contribution is 4.80. The molecule has 4 nitrogen and oxygen atoms in total. The molecule has 0 aromatic carbocycles. The molecule has 0 aromatic heterocycles. The first kappa shape index (κ1) is 8.46. The van der Waals surface area contributed by atoms with Gasteiger partial charge in [-0.05, 0) is 20.9 Å². The summed E-state index contributed by atoms with van der Waals surface area (Å²) in [4.78, 5) is 12.5. The second-order valence-corrected chi connectivity index (χ2v) is 3.32. The Bertz CT molecular complexity index is 139. The first-order chi connectivity index (χ1) is 5.15. The Balaban J connectivity index is 2.54. The molecular formula is C7H15N3O. The van der Waals surface area contributed by atoms with E-state index in [9.17, 15) is 4.91 Å². The van der Waals surface area contributed by atoms with Crippen molar-refractivity contribution in [3.63, 3.8) is 0 Å². The quantitative estimate of drug-likeness (QED) is 0.525. The van der Waals surface area contributed by atoms with Crippen LogP contribution in [0.4, 0.5) is 0 Å². The number of piperazine rings is 1. The molecular weight excluding hydrogens is 142 g/mol. The molecule has 0 radical (unpaired) electrons. The van der Waals surface area contributed by atoms with E-state index in [1.807, 2.05) is 0 Å². The second kappa shape index (κ2) is 3.17. The zero-order valence-electron chi connectivity index (χ0n) is 7.32. The van der Waals surface area contributed by atoms with E-state index >= 15 is 0 Å². The van der Waals surface area contributed by atoms with Gasteiger partial charge >= 0.3 is 0 Å². The molecule has 11 heavy (non-hydrogen) atoms. The molecule has 2 atom stereocenters. The van der Waals surface area contributed by atoms with Crippen molar-refractivity contribution in [2.24, 2.45) is 5.29 Å². The maximum absolute atomic E-state index is 10.2. The van der Waals surface area contributed by atoms with Gasteiger partial charge in [0, 0.05) is 12.1 Å². The van der Waals surface area contributed by atoms with Crippen LogP contribution in [0.25, 0.3) is 0 Å². The van der Waals surface area contributed by atoms with Crippen LogP contribution in [0.2, 0.25) is 0 Å². The van der Waals surface area contributed by atoms with Gasteiger partial charge in [-0.1, -0.05) is 0 Å². The van der Waals surface area contributed by atoms with Crippen LogP contribution in [0, 0.1) is 4.91 Å². The summed E-state index contributed by atoms with van der Waals surface area (Å²) in [6.45, 7) is 5.72. The number of rotatable bonds is 1. The molecule has 64 valence electrons. The van der Waals surface area contributed by atoms with Gasteiger partial charge in [0.15, 0.2) is 0 Å². The summed E-state index contributed by atoms with van der Waals surface area (Å²) in [5.41, 5.74) is 0. The van der Waals surface area contributed by atoms with E-state index < -0.39 is 0 Å². The molecule has 1 heterocycles. The Kier molecular flexibility index (Phi) is 2.44. The fourth-order valence-electron chi connectivity index (χ4n) is 1.44. The number of hydrogen-bond donors (Lipinski definition) is 0. The summed E-state index contributed by atoms with van der Waals surface area (Å²) in [5.74, 6) is 0. The topological polar surface area (TPSA) is 35.9 Å². The first-order valence-corrected chi connectivity index (χ1v) is 3.95. The molecule has 1 aliphatic heterocycles. The average Bonchev–Trinajstić information content (AvgIpc) is 1.99. The van der Waals surface area contributed by atoms with Crippen molar-refractivity contribution >= 4 is 0 Å². The van der Waals surface area contributed by atoms with Crippen LogP contribution in [0.3, 0.4) is 0 Å². The van der Waals surface area contributed by atoms with Crippen LogP contribution in [0.5, 0.6) is 0 Å². The van der Waals surface area contributed by atoms with Gasteiger partial charge in [-0.3, -0.25) is 9.91 Å². The van der Waals surface area contributed by atoms with Crippen LogP contribution >= 0.6 is 0 Å². The van der Waals surface area contributed by atoms with E-state index in [0.29, 0.717) is 12.1 Å². The summed E-state index contributed by atoms with van der Waals surface area (Å²) in [5, 5.41) is 4.53. The van der Waals surface area contributed by atoms with Crippen molar-refractivity contribution in [3.8, 4) is 0 Å². The summed E-state index contributed by atoms with van der Waals surface area (Å²) < 4.78 is 0. The predicted molar refractivity (Wildman–Crippen MR) is 44.1 cm³/mol. The first-order valence-electron chi connectivity index (χ1n) is 3.95. The fourth-order valence-corrected chi connectivity index (χ4v) is 1.44. The van der Waals surface area contributed by atoms with Crippen LogP contribution in [-0.4, -0.2) is 42.1 Å². The minimum atomic E-state index is 0.427. The standard InChI is InChI=1S/C7H15N3O/c1-6-4-10(8-11)5-7(2)9(6)3/h6-7H,4-5H2,1-3H3. The highest BCUT2D eigenvalue weighted by atomic mass is 16.3. The van der Waals surface area contributed by atoms with Gasteiger partial charge in [0.2, 0.25) is 0 Å². The number of nitroso groups, excluding NO2 is 1. The third-order valence-corrected chi connectivity index (χ3v) is 2.46. The highest BCUT2D eigenvalue weighted by Crippen LogP contribution is 2.12. The lowest BCUT2D eigenvalue weighted by atomic mass is 10.1. The molecule has 0 bridgehead atoms. The summed E-state index contributed by atoms with van der Waals surface area (Å²) in [6, 6.07) is 0.855. The maximum atomic E-state index is 10.2. The third-order valence-electron chi connectivity index (χ3n) is 2.46. The maximum Gasteiger partial charge on any atom is 0.0546 e. The van der Waals surface area contributed by atoms with E-state index in [1.165, 1.54) is 0 Å². The minimum Gasteiger partial charge on any atom is -0.297 e. The Morgan fingerprint density at radius 1 is 1.27 bits per heavy atom. The van der Waals surface area contributed by atoms with Crippen LogP contribution < -0.4 is 0 Å². The van der Waals surface area contributed by atoms with Gasteiger partial charge in [0.25, 0.3) is 0 Å². The largest absolute Gasteiger partial charge is 0.297 e. The lowest BCUT2D eigenvalue weighted by Crippen LogP contribution is -2.52. The summed E-state index contributed by atoms with van der Waals surface area (Å²) >= 11 is 0. The van der Waals surface area contributed by atoms with Crippen molar-refractivity contribution < 1.29 is 0 Å². The average molecular weight is 157 g/mol. The van der Waals surface area contributed by atoms with E-state index in [-0.39, 0.29) is 0 Å². The van der Waals surface area contributed by atoms with Crippen molar-refractivity contribution in [1.29, 1.82) is 0 Å². The second-order valence-electron chi connectivity index (χ2n) is 3.32.